The minimum atomic E-state index is 0.596. The van der Waals surface area contributed by atoms with Crippen LogP contribution in [0.5, 0.6) is 0 Å². The van der Waals surface area contributed by atoms with Gasteiger partial charge in [0.1, 0.15) is 0 Å². The first-order valence-electron chi connectivity index (χ1n) is 25.5. The smallest absolute Gasteiger partial charge is 0.0302 e. The van der Waals surface area contributed by atoms with Gasteiger partial charge in [0.2, 0.25) is 0 Å². The van der Waals surface area contributed by atoms with E-state index in [1.165, 1.54) is 76.5 Å². The van der Waals surface area contributed by atoms with Crippen LogP contribution in [-0.2, 0) is 0 Å². The molecule has 0 N–H and O–H groups in total. The summed E-state index contributed by atoms with van der Waals surface area (Å²) < 4.78 is 0. The molecule has 8 aromatic carbocycles. The second-order valence-electron chi connectivity index (χ2n) is 19.9. The predicted octanol–water partition coefficient (Wildman–Crippen LogP) is 20.3. The van der Waals surface area contributed by atoms with Crippen LogP contribution in [0.2, 0.25) is 0 Å². The Morgan fingerprint density at radius 3 is 0.857 bits per heavy atom. The molecular weight excluding hydrogens is 845 g/mol. The average Bonchev–Trinajstić information content (AvgIpc) is 3.39. The van der Waals surface area contributed by atoms with Gasteiger partial charge in [0.05, 0.1) is 0 Å². The first kappa shape index (κ1) is 54.0. The number of fused-ring (bicyclic) bond motifs is 4. The van der Waals surface area contributed by atoms with Crippen molar-refractivity contribution in [3.05, 3.63) is 252 Å². The molecule has 2 heterocycles. The van der Waals surface area contributed by atoms with Gasteiger partial charge in [0.25, 0.3) is 0 Å². The van der Waals surface area contributed by atoms with Gasteiger partial charge in [-0.2, -0.15) is 0 Å². The maximum Gasteiger partial charge on any atom is 0.0302 e. The molecule has 10 rings (SSSR count). The highest BCUT2D eigenvalue weighted by Gasteiger charge is 2.05. The van der Waals surface area contributed by atoms with Gasteiger partial charge in [-0.15, -0.1) is 0 Å². The van der Waals surface area contributed by atoms with Crippen LogP contribution in [0.25, 0.3) is 43.1 Å². The molecule has 0 spiro atoms. The first-order chi connectivity index (χ1) is 33.7. The van der Waals surface area contributed by atoms with Crippen LogP contribution in [0.3, 0.4) is 0 Å². The molecule has 0 bridgehead atoms. The summed E-state index contributed by atoms with van der Waals surface area (Å²) in [6.07, 6.45) is 7.41. The Morgan fingerprint density at radius 2 is 0.557 bits per heavy atom. The van der Waals surface area contributed by atoms with E-state index in [2.05, 4.69) is 275 Å². The van der Waals surface area contributed by atoms with Crippen molar-refractivity contribution in [1.29, 1.82) is 0 Å². The van der Waals surface area contributed by atoms with Gasteiger partial charge in [-0.3, -0.25) is 9.97 Å². The normalized spacial score (nSPS) is 10.8. The standard InChI is InChI=1S/4C13H14.2C8H11N/c2*1-10(2)12-9-5-7-11-6-3-4-8-13(11)12;2*1-10(2)12-8-7-11-5-3-4-6-13(11)9-12;2*1-7(2)8-4-3-5-9-6-8/h4*3-10H,1-2H3;2*3-7H,1-2H3. The fourth-order valence-corrected chi connectivity index (χ4v) is 8.08. The predicted molar refractivity (Wildman–Crippen MR) is 309 cm³/mol. The zero-order chi connectivity index (χ0) is 50.4. The molecule has 10 aromatic rings. The summed E-state index contributed by atoms with van der Waals surface area (Å²) >= 11 is 0. The zero-order valence-corrected chi connectivity index (χ0v) is 44.1. The highest BCUT2D eigenvalue weighted by molar-refractivity contribution is 5.87. The van der Waals surface area contributed by atoms with Crippen molar-refractivity contribution in [2.45, 2.75) is 119 Å². The van der Waals surface area contributed by atoms with E-state index >= 15 is 0 Å². The van der Waals surface area contributed by atoms with Crippen LogP contribution in [0.4, 0.5) is 0 Å². The monoisotopic (exact) mass is 923 g/mol. The van der Waals surface area contributed by atoms with Gasteiger partial charge in [0.15, 0.2) is 0 Å². The summed E-state index contributed by atoms with van der Waals surface area (Å²) in [4.78, 5) is 8.01. The number of hydrogen-bond donors (Lipinski definition) is 0. The van der Waals surface area contributed by atoms with E-state index in [-0.39, 0.29) is 0 Å². The van der Waals surface area contributed by atoms with E-state index in [0.29, 0.717) is 35.5 Å². The van der Waals surface area contributed by atoms with Gasteiger partial charge in [-0.05, 0) is 124 Å². The molecule has 2 nitrogen and oxygen atoms in total. The average molecular weight is 923 g/mol. The Labute approximate surface area is 421 Å². The Balaban J connectivity index is 0.000000158. The minimum absolute atomic E-state index is 0.596. The Hall–Kier alpha value is -6.90. The number of rotatable bonds is 6. The summed E-state index contributed by atoms with van der Waals surface area (Å²) in [5.74, 6) is 3.63. The minimum Gasteiger partial charge on any atom is -0.264 e. The van der Waals surface area contributed by atoms with E-state index in [0.717, 1.165) is 0 Å². The van der Waals surface area contributed by atoms with E-state index in [9.17, 15) is 0 Å². The fraction of sp³-hybridized carbons (Fsp3) is 0.265. The molecule has 2 aromatic heterocycles. The van der Waals surface area contributed by atoms with Crippen LogP contribution in [0.15, 0.2) is 219 Å². The van der Waals surface area contributed by atoms with Crippen molar-refractivity contribution in [3.8, 4) is 0 Å². The number of nitrogens with zero attached hydrogens (tertiary/aromatic N) is 2. The number of aromatic nitrogens is 2. The molecule has 0 saturated heterocycles. The number of benzene rings is 8. The fourth-order valence-electron chi connectivity index (χ4n) is 8.08. The lowest BCUT2D eigenvalue weighted by atomic mass is 9.96. The molecule has 0 aliphatic carbocycles. The second-order valence-corrected chi connectivity index (χ2v) is 19.9. The largest absolute Gasteiger partial charge is 0.264 e. The van der Waals surface area contributed by atoms with E-state index in [1.54, 1.807) is 12.4 Å². The summed E-state index contributed by atoms with van der Waals surface area (Å²) in [6.45, 7) is 26.5. The van der Waals surface area contributed by atoms with E-state index in [4.69, 9.17) is 0 Å². The van der Waals surface area contributed by atoms with Crippen molar-refractivity contribution >= 4 is 43.1 Å². The van der Waals surface area contributed by atoms with Crippen molar-refractivity contribution < 1.29 is 0 Å². The lowest BCUT2D eigenvalue weighted by Crippen LogP contribution is -1.88. The Morgan fingerprint density at radius 1 is 0.243 bits per heavy atom. The molecule has 2 heteroatoms. The summed E-state index contributed by atoms with van der Waals surface area (Å²) in [6, 6.07) is 68.7. The molecular formula is C68H78N2. The summed E-state index contributed by atoms with van der Waals surface area (Å²) in [5.41, 5.74) is 8.32. The van der Waals surface area contributed by atoms with Crippen molar-refractivity contribution in [1.82, 2.24) is 9.97 Å². The van der Waals surface area contributed by atoms with Gasteiger partial charge in [0, 0.05) is 24.8 Å². The van der Waals surface area contributed by atoms with Crippen LogP contribution in [-0.4, -0.2) is 9.97 Å². The highest BCUT2D eigenvalue weighted by Crippen LogP contribution is 2.27. The first-order valence-corrected chi connectivity index (χ1v) is 25.5. The molecule has 360 valence electrons. The van der Waals surface area contributed by atoms with Crippen molar-refractivity contribution in [2.75, 3.05) is 0 Å². The molecule has 0 aliphatic rings. The van der Waals surface area contributed by atoms with Crippen LogP contribution >= 0.6 is 0 Å². The van der Waals surface area contributed by atoms with Crippen LogP contribution in [0.1, 0.15) is 152 Å². The summed E-state index contributed by atoms with van der Waals surface area (Å²) in [7, 11) is 0. The quantitative estimate of drug-likeness (QED) is 0.166. The third kappa shape index (κ3) is 16.7. The molecule has 0 saturated carbocycles. The zero-order valence-electron chi connectivity index (χ0n) is 44.1. The van der Waals surface area contributed by atoms with Crippen molar-refractivity contribution in [2.24, 2.45) is 0 Å². The van der Waals surface area contributed by atoms with Crippen molar-refractivity contribution in [3.63, 3.8) is 0 Å². The maximum atomic E-state index is 4.01. The van der Waals surface area contributed by atoms with Gasteiger partial charge >= 0.3 is 0 Å². The van der Waals surface area contributed by atoms with E-state index < -0.39 is 0 Å². The lowest BCUT2D eigenvalue weighted by molar-refractivity contribution is 0.858. The molecule has 0 aliphatic heterocycles. The molecule has 70 heavy (non-hydrogen) atoms. The number of pyridine rings is 2. The van der Waals surface area contributed by atoms with E-state index in [1.807, 2.05) is 24.5 Å². The third-order valence-electron chi connectivity index (χ3n) is 12.5. The topological polar surface area (TPSA) is 25.8 Å². The highest BCUT2D eigenvalue weighted by atomic mass is 14.6. The molecule has 0 amide bonds. The van der Waals surface area contributed by atoms with Crippen LogP contribution < -0.4 is 0 Å². The summed E-state index contributed by atoms with van der Waals surface area (Å²) in [5, 5.41) is 10.8. The third-order valence-corrected chi connectivity index (χ3v) is 12.5. The number of hydrogen-bond acceptors (Lipinski definition) is 2. The lowest BCUT2D eigenvalue weighted by Gasteiger charge is -2.08. The van der Waals surface area contributed by atoms with Crippen LogP contribution in [0, 0.1) is 0 Å². The molecule has 0 fully saturated rings. The second kappa shape index (κ2) is 27.9. The van der Waals surface area contributed by atoms with Gasteiger partial charge in [-0.25, -0.2) is 0 Å². The maximum absolute atomic E-state index is 4.01. The Bertz CT molecular complexity index is 2820. The molecule has 0 unspecified atom stereocenters. The SMILES string of the molecule is CC(C)c1ccc2ccccc2c1.CC(C)c1ccc2ccccc2c1.CC(C)c1cccc2ccccc12.CC(C)c1cccc2ccccc12.CC(C)c1cccnc1.CC(C)c1cccnc1. The molecule has 0 atom stereocenters. The molecule has 0 radical (unpaired) electrons. The van der Waals surface area contributed by atoms with Gasteiger partial charge in [-0.1, -0.05) is 265 Å². The Kier molecular flexibility index (Phi) is 21.6. The van der Waals surface area contributed by atoms with Gasteiger partial charge < -0.3 is 0 Å².